The minimum Gasteiger partial charge on any atom is -0.490 e. The molecule has 2 atom stereocenters. The number of rotatable bonds is 0. The Morgan fingerprint density at radius 2 is 2.27 bits per heavy atom. The van der Waals surface area contributed by atoms with Crippen molar-refractivity contribution in [3.8, 4) is 5.75 Å². The van der Waals surface area contributed by atoms with Gasteiger partial charge in [-0.15, -0.1) is 0 Å². The summed E-state index contributed by atoms with van der Waals surface area (Å²) >= 11 is 0. The van der Waals surface area contributed by atoms with E-state index in [9.17, 15) is 0 Å². The zero-order chi connectivity index (χ0) is 10.4. The Labute approximate surface area is 89.6 Å². The van der Waals surface area contributed by atoms with Gasteiger partial charge in [-0.05, 0) is 25.0 Å². The lowest BCUT2D eigenvalue weighted by Crippen LogP contribution is -2.35. The molecule has 0 bridgehead atoms. The van der Waals surface area contributed by atoms with Gasteiger partial charge in [0.25, 0.3) is 0 Å². The zero-order valence-electron chi connectivity index (χ0n) is 8.92. The number of anilines is 1. The number of benzene rings is 1. The van der Waals surface area contributed by atoms with Crippen LogP contribution in [-0.2, 0) is 12.8 Å². The summed E-state index contributed by atoms with van der Waals surface area (Å²) < 4.78 is 5.73. The largest absolute Gasteiger partial charge is 0.490 e. The highest BCUT2D eigenvalue weighted by molar-refractivity contribution is 5.65. The molecule has 0 radical (unpaired) electrons. The fourth-order valence-corrected chi connectivity index (χ4v) is 2.51. The van der Waals surface area contributed by atoms with Gasteiger partial charge in [0.2, 0.25) is 0 Å². The Morgan fingerprint density at radius 3 is 3.13 bits per heavy atom. The third-order valence-electron chi connectivity index (χ3n) is 3.20. The number of fused-ring (bicyclic) bond motifs is 3. The predicted molar refractivity (Wildman–Crippen MR) is 60.4 cm³/mol. The molecule has 2 aliphatic rings. The Hall–Kier alpha value is -1.22. The van der Waals surface area contributed by atoms with E-state index in [4.69, 9.17) is 10.5 Å². The van der Waals surface area contributed by atoms with Gasteiger partial charge >= 0.3 is 0 Å². The second-order valence-electron chi connectivity index (χ2n) is 4.55. The quantitative estimate of drug-likeness (QED) is 0.669. The van der Waals surface area contributed by atoms with Crippen LogP contribution in [0.4, 0.5) is 5.69 Å². The van der Waals surface area contributed by atoms with Gasteiger partial charge in [0.05, 0.1) is 0 Å². The van der Waals surface area contributed by atoms with Crippen molar-refractivity contribution in [2.24, 2.45) is 5.73 Å². The summed E-state index contributed by atoms with van der Waals surface area (Å²) in [5.41, 5.74) is 9.88. The minimum atomic E-state index is 0.246. The van der Waals surface area contributed by atoms with Crippen LogP contribution < -0.4 is 15.8 Å². The van der Waals surface area contributed by atoms with Crippen LogP contribution in [0.1, 0.15) is 18.1 Å². The monoisotopic (exact) mass is 204 g/mol. The van der Waals surface area contributed by atoms with Gasteiger partial charge in [0.1, 0.15) is 11.9 Å². The van der Waals surface area contributed by atoms with Gasteiger partial charge in [-0.2, -0.15) is 0 Å². The first kappa shape index (κ1) is 9.04. The lowest BCUT2D eigenvalue weighted by atomic mass is 9.95. The minimum absolute atomic E-state index is 0.246. The van der Waals surface area contributed by atoms with Crippen LogP contribution in [-0.4, -0.2) is 18.7 Å². The van der Waals surface area contributed by atoms with Crippen LogP contribution in [0.2, 0.25) is 0 Å². The summed E-state index contributed by atoms with van der Waals surface area (Å²) in [6.07, 6.45) is 2.30. The first-order valence-corrected chi connectivity index (χ1v) is 5.55. The van der Waals surface area contributed by atoms with Crippen molar-refractivity contribution >= 4 is 5.69 Å². The molecule has 3 heteroatoms. The Balaban J connectivity index is 2.06. The standard InChI is InChI=1S/C12H16N2O/c1-7-4-10-11(15-7)3-2-8-5-9(13)6-14-12(8)10/h2-3,7,9,14H,4-6,13H2,1H3. The summed E-state index contributed by atoms with van der Waals surface area (Å²) in [7, 11) is 0. The number of ether oxygens (including phenoxy) is 1. The van der Waals surface area contributed by atoms with Crippen LogP contribution in [0.5, 0.6) is 5.75 Å². The van der Waals surface area contributed by atoms with E-state index in [0.29, 0.717) is 6.10 Å². The molecule has 3 N–H and O–H groups in total. The molecule has 0 fully saturated rings. The highest BCUT2D eigenvalue weighted by Crippen LogP contribution is 2.38. The van der Waals surface area contributed by atoms with Crippen LogP contribution in [0.25, 0.3) is 0 Å². The van der Waals surface area contributed by atoms with Crippen LogP contribution in [0.3, 0.4) is 0 Å². The van der Waals surface area contributed by atoms with E-state index in [1.54, 1.807) is 0 Å². The molecule has 0 amide bonds. The van der Waals surface area contributed by atoms with Gasteiger partial charge in [-0.1, -0.05) is 6.07 Å². The second kappa shape index (κ2) is 3.14. The fraction of sp³-hybridized carbons (Fsp3) is 0.500. The summed E-state index contributed by atoms with van der Waals surface area (Å²) in [5, 5.41) is 3.43. The Bertz CT molecular complexity index is 403. The summed E-state index contributed by atoms with van der Waals surface area (Å²) in [6.45, 7) is 2.98. The molecule has 0 saturated heterocycles. The van der Waals surface area contributed by atoms with Crippen LogP contribution in [0.15, 0.2) is 12.1 Å². The van der Waals surface area contributed by atoms with E-state index in [1.807, 2.05) is 0 Å². The molecule has 1 aromatic rings. The average molecular weight is 204 g/mol. The average Bonchev–Trinajstić information content (AvgIpc) is 2.58. The van der Waals surface area contributed by atoms with Crippen molar-refractivity contribution in [3.05, 3.63) is 23.3 Å². The summed E-state index contributed by atoms with van der Waals surface area (Å²) in [4.78, 5) is 0. The number of nitrogens with two attached hydrogens (primary N) is 1. The van der Waals surface area contributed by atoms with Gasteiger partial charge in [0, 0.05) is 30.3 Å². The molecule has 0 saturated carbocycles. The van der Waals surface area contributed by atoms with Gasteiger partial charge < -0.3 is 15.8 Å². The van der Waals surface area contributed by atoms with Crippen molar-refractivity contribution in [3.63, 3.8) is 0 Å². The van der Waals surface area contributed by atoms with Gasteiger partial charge in [-0.3, -0.25) is 0 Å². The summed E-state index contributed by atoms with van der Waals surface area (Å²) in [5.74, 6) is 1.05. The smallest absolute Gasteiger partial charge is 0.125 e. The number of hydrogen-bond donors (Lipinski definition) is 2. The maximum atomic E-state index is 5.93. The van der Waals surface area contributed by atoms with Crippen molar-refractivity contribution in [1.29, 1.82) is 0 Å². The third-order valence-corrected chi connectivity index (χ3v) is 3.20. The van der Waals surface area contributed by atoms with Crippen molar-refractivity contribution in [2.75, 3.05) is 11.9 Å². The van der Waals surface area contributed by atoms with Crippen molar-refractivity contribution in [2.45, 2.75) is 31.9 Å². The predicted octanol–water partition coefficient (Wildman–Crippen LogP) is 1.31. The molecule has 3 rings (SSSR count). The molecule has 0 spiro atoms. The molecule has 2 unspecified atom stereocenters. The molecule has 3 nitrogen and oxygen atoms in total. The Kier molecular flexibility index (Phi) is 1.89. The van der Waals surface area contributed by atoms with E-state index < -0.39 is 0 Å². The molecule has 80 valence electrons. The highest BCUT2D eigenvalue weighted by Gasteiger charge is 2.26. The highest BCUT2D eigenvalue weighted by atomic mass is 16.5. The van der Waals surface area contributed by atoms with E-state index in [0.717, 1.165) is 25.1 Å². The van der Waals surface area contributed by atoms with E-state index in [1.165, 1.54) is 16.8 Å². The van der Waals surface area contributed by atoms with Gasteiger partial charge in [-0.25, -0.2) is 0 Å². The van der Waals surface area contributed by atoms with Crippen LogP contribution >= 0.6 is 0 Å². The Morgan fingerprint density at radius 1 is 1.40 bits per heavy atom. The summed E-state index contributed by atoms with van der Waals surface area (Å²) in [6, 6.07) is 4.46. The molecule has 15 heavy (non-hydrogen) atoms. The number of nitrogens with one attached hydrogen (secondary N) is 1. The van der Waals surface area contributed by atoms with Crippen LogP contribution in [0, 0.1) is 0 Å². The molecule has 2 aliphatic heterocycles. The normalized spacial score (nSPS) is 27.6. The molecular weight excluding hydrogens is 188 g/mol. The molecule has 0 aromatic heterocycles. The molecule has 0 aliphatic carbocycles. The first-order valence-electron chi connectivity index (χ1n) is 5.55. The van der Waals surface area contributed by atoms with E-state index in [-0.39, 0.29) is 6.04 Å². The van der Waals surface area contributed by atoms with E-state index in [2.05, 4.69) is 24.4 Å². The first-order chi connectivity index (χ1) is 7.24. The lowest BCUT2D eigenvalue weighted by molar-refractivity contribution is 0.254. The van der Waals surface area contributed by atoms with Crippen molar-refractivity contribution < 1.29 is 4.74 Å². The second-order valence-corrected chi connectivity index (χ2v) is 4.55. The van der Waals surface area contributed by atoms with E-state index >= 15 is 0 Å². The maximum Gasteiger partial charge on any atom is 0.125 e. The SMILES string of the molecule is CC1Cc2c(ccc3c2NCC(N)C3)O1. The molecule has 2 heterocycles. The topological polar surface area (TPSA) is 47.3 Å². The van der Waals surface area contributed by atoms with Crippen molar-refractivity contribution in [1.82, 2.24) is 0 Å². The molecular formula is C12H16N2O. The third kappa shape index (κ3) is 1.38. The number of hydrogen-bond acceptors (Lipinski definition) is 3. The molecule has 1 aromatic carbocycles. The lowest BCUT2D eigenvalue weighted by Gasteiger charge is -2.24. The maximum absolute atomic E-state index is 5.93. The zero-order valence-corrected chi connectivity index (χ0v) is 8.92. The fourth-order valence-electron chi connectivity index (χ4n) is 2.51. The van der Waals surface area contributed by atoms with Gasteiger partial charge in [0.15, 0.2) is 0 Å².